The van der Waals surface area contributed by atoms with Crippen LogP contribution < -0.4 is 4.74 Å². The summed E-state index contributed by atoms with van der Waals surface area (Å²) in [6, 6.07) is 5.03. The molecular formula is C13H11ClN2O4. The van der Waals surface area contributed by atoms with Crippen LogP contribution in [0.3, 0.4) is 0 Å². The molecule has 1 aromatic carbocycles. The molecule has 0 aliphatic carbocycles. The second-order valence-corrected chi connectivity index (χ2v) is 4.25. The molecule has 0 atom stereocenters. The molecule has 0 saturated carbocycles. The van der Waals surface area contributed by atoms with Crippen molar-refractivity contribution in [3.8, 4) is 5.75 Å². The number of ether oxygens (including phenoxy) is 1. The second kappa shape index (κ2) is 6.21. The van der Waals surface area contributed by atoms with Gasteiger partial charge < -0.3 is 14.4 Å². The van der Waals surface area contributed by atoms with Crippen molar-refractivity contribution in [2.45, 2.75) is 13.5 Å². The number of nitrogens with zero attached hydrogens (tertiary/aromatic N) is 2. The predicted molar refractivity (Wildman–Crippen MR) is 71.5 cm³/mol. The summed E-state index contributed by atoms with van der Waals surface area (Å²) < 4.78 is 10.4. The van der Waals surface area contributed by atoms with Gasteiger partial charge in [-0.3, -0.25) is 0 Å². The molecule has 20 heavy (non-hydrogen) atoms. The Morgan fingerprint density at radius 3 is 3.00 bits per heavy atom. The summed E-state index contributed by atoms with van der Waals surface area (Å²) in [4.78, 5) is 14.6. The Morgan fingerprint density at radius 1 is 1.55 bits per heavy atom. The maximum Gasteiger partial charge on any atom is 0.328 e. The lowest BCUT2D eigenvalue weighted by Gasteiger charge is -2.08. The van der Waals surface area contributed by atoms with E-state index >= 15 is 0 Å². The smallest absolute Gasteiger partial charge is 0.328 e. The van der Waals surface area contributed by atoms with Crippen LogP contribution >= 0.6 is 11.6 Å². The quantitative estimate of drug-likeness (QED) is 0.853. The molecule has 0 amide bonds. The minimum absolute atomic E-state index is 0.0785. The van der Waals surface area contributed by atoms with Gasteiger partial charge in [0.1, 0.15) is 5.75 Å². The lowest BCUT2D eigenvalue weighted by Crippen LogP contribution is -1.98. The van der Waals surface area contributed by atoms with Gasteiger partial charge in [0.05, 0.1) is 5.02 Å². The number of aliphatic carboxylic acids is 1. The summed E-state index contributed by atoms with van der Waals surface area (Å²) in [5.74, 6) is 0.213. The standard InChI is InChI=1S/C13H11ClN2O4/c1-8-15-12(20-16-8)7-19-11-4-2-3-10(14)9(11)5-6-13(17)18/h2-6H,7H2,1H3,(H,17,18)/b6-5+. The molecule has 0 bridgehead atoms. The second-order valence-electron chi connectivity index (χ2n) is 3.85. The SMILES string of the molecule is Cc1noc(COc2cccc(Cl)c2/C=C/C(=O)O)n1. The third-order valence-electron chi connectivity index (χ3n) is 2.33. The fourth-order valence-electron chi connectivity index (χ4n) is 1.50. The van der Waals surface area contributed by atoms with Crippen molar-refractivity contribution in [2.75, 3.05) is 0 Å². The van der Waals surface area contributed by atoms with Gasteiger partial charge in [-0.1, -0.05) is 22.8 Å². The van der Waals surface area contributed by atoms with E-state index in [0.717, 1.165) is 6.08 Å². The Labute approximate surface area is 119 Å². The first-order chi connectivity index (χ1) is 9.56. The molecule has 0 spiro atoms. The number of halogens is 1. The van der Waals surface area contributed by atoms with E-state index < -0.39 is 5.97 Å². The first-order valence-corrected chi connectivity index (χ1v) is 6.05. The number of aryl methyl sites for hydroxylation is 1. The van der Waals surface area contributed by atoms with Crippen molar-refractivity contribution in [2.24, 2.45) is 0 Å². The summed E-state index contributed by atoms with van der Waals surface area (Å²) >= 11 is 6.02. The van der Waals surface area contributed by atoms with Gasteiger partial charge in [-0.25, -0.2) is 4.79 Å². The van der Waals surface area contributed by atoms with Crippen LogP contribution in [0.2, 0.25) is 5.02 Å². The lowest BCUT2D eigenvalue weighted by atomic mass is 10.2. The zero-order valence-corrected chi connectivity index (χ0v) is 11.3. The first kappa shape index (κ1) is 14.1. The fraction of sp³-hybridized carbons (Fsp3) is 0.154. The molecule has 0 saturated heterocycles. The Balaban J connectivity index is 2.18. The molecule has 1 N–H and O–H groups in total. The number of carbonyl (C=O) groups is 1. The Bertz CT molecular complexity index is 652. The summed E-state index contributed by atoms with van der Waals surface area (Å²) in [5, 5.41) is 12.7. The molecule has 1 heterocycles. The number of aromatic nitrogens is 2. The van der Waals surface area contributed by atoms with Crippen molar-refractivity contribution < 1.29 is 19.2 Å². The zero-order chi connectivity index (χ0) is 14.5. The van der Waals surface area contributed by atoms with Crippen LogP contribution in [-0.2, 0) is 11.4 Å². The lowest BCUT2D eigenvalue weighted by molar-refractivity contribution is -0.131. The van der Waals surface area contributed by atoms with Crippen molar-refractivity contribution in [3.63, 3.8) is 0 Å². The molecule has 104 valence electrons. The number of rotatable bonds is 5. The van der Waals surface area contributed by atoms with E-state index in [9.17, 15) is 4.79 Å². The predicted octanol–water partition coefficient (Wildman–Crippen LogP) is 2.71. The average Bonchev–Trinajstić information content (AvgIpc) is 2.81. The maximum absolute atomic E-state index is 10.6. The van der Waals surface area contributed by atoms with Crippen LogP contribution in [0.1, 0.15) is 17.3 Å². The molecule has 7 heteroatoms. The highest BCUT2D eigenvalue weighted by molar-refractivity contribution is 6.32. The van der Waals surface area contributed by atoms with Crippen LogP contribution in [0.25, 0.3) is 6.08 Å². The summed E-state index contributed by atoms with van der Waals surface area (Å²) in [5.41, 5.74) is 0.479. The monoisotopic (exact) mass is 294 g/mol. The molecule has 2 aromatic rings. The zero-order valence-electron chi connectivity index (χ0n) is 10.5. The van der Waals surface area contributed by atoms with E-state index in [0.29, 0.717) is 28.1 Å². The van der Waals surface area contributed by atoms with Crippen molar-refractivity contribution >= 4 is 23.6 Å². The molecule has 0 aliphatic rings. The average molecular weight is 295 g/mol. The number of benzene rings is 1. The maximum atomic E-state index is 10.6. The van der Waals surface area contributed by atoms with Gasteiger partial charge in [-0.05, 0) is 25.1 Å². The number of hydrogen-bond acceptors (Lipinski definition) is 5. The van der Waals surface area contributed by atoms with Gasteiger partial charge in [-0.2, -0.15) is 4.98 Å². The third kappa shape index (κ3) is 3.58. The molecule has 0 fully saturated rings. The van der Waals surface area contributed by atoms with Crippen molar-refractivity contribution in [1.82, 2.24) is 10.1 Å². The van der Waals surface area contributed by atoms with Gasteiger partial charge in [0.2, 0.25) is 0 Å². The first-order valence-electron chi connectivity index (χ1n) is 5.68. The number of carboxylic acids is 1. The van der Waals surface area contributed by atoms with Crippen LogP contribution in [0, 0.1) is 6.92 Å². The normalized spacial score (nSPS) is 10.9. The summed E-state index contributed by atoms with van der Waals surface area (Å²) in [6.07, 6.45) is 2.37. The van der Waals surface area contributed by atoms with Crippen LogP contribution in [0.4, 0.5) is 0 Å². The van der Waals surface area contributed by atoms with E-state index in [-0.39, 0.29) is 6.61 Å². The molecular weight excluding hydrogens is 284 g/mol. The largest absolute Gasteiger partial charge is 0.483 e. The van der Waals surface area contributed by atoms with Gasteiger partial charge >= 0.3 is 5.97 Å². The molecule has 1 aromatic heterocycles. The Kier molecular flexibility index (Phi) is 4.37. The highest BCUT2D eigenvalue weighted by Gasteiger charge is 2.09. The highest BCUT2D eigenvalue weighted by Crippen LogP contribution is 2.28. The third-order valence-corrected chi connectivity index (χ3v) is 2.66. The molecule has 0 unspecified atom stereocenters. The molecule has 0 aliphatic heterocycles. The van der Waals surface area contributed by atoms with E-state index in [1.807, 2.05) is 0 Å². The van der Waals surface area contributed by atoms with Crippen molar-refractivity contribution in [3.05, 3.63) is 46.6 Å². The fourth-order valence-corrected chi connectivity index (χ4v) is 1.73. The number of hydrogen-bond donors (Lipinski definition) is 1. The van der Waals surface area contributed by atoms with Gasteiger partial charge in [0, 0.05) is 11.6 Å². The number of carboxylic acid groups (broad SMARTS) is 1. The van der Waals surface area contributed by atoms with Crippen LogP contribution in [-0.4, -0.2) is 21.2 Å². The molecule has 0 radical (unpaired) electrons. The van der Waals surface area contributed by atoms with Crippen LogP contribution in [0.5, 0.6) is 5.75 Å². The van der Waals surface area contributed by atoms with Gasteiger partial charge in [0.15, 0.2) is 12.4 Å². The summed E-state index contributed by atoms with van der Waals surface area (Å²) in [7, 11) is 0. The summed E-state index contributed by atoms with van der Waals surface area (Å²) in [6.45, 7) is 1.78. The topological polar surface area (TPSA) is 85.5 Å². The van der Waals surface area contributed by atoms with E-state index in [4.69, 9.17) is 26.0 Å². The van der Waals surface area contributed by atoms with E-state index in [2.05, 4.69) is 10.1 Å². The minimum atomic E-state index is -1.07. The Hall–Kier alpha value is -2.34. The highest BCUT2D eigenvalue weighted by atomic mass is 35.5. The molecule has 2 rings (SSSR count). The van der Waals surface area contributed by atoms with Gasteiger partial charge in [0.25, 0.3) is 5.89 Å². The van der Waals surface area contributed by atoms with E-state index in [1.165, 1.54) is 6.08 Å². The van der Waals surface area contributed by atoms with E-state index in [1.54, 1.807) is 25.1 Å². The van der Waals surface area contributed by atoms with Gasteiger partial charge in [-0.15, -0.1) is 0 Å². The van der Waals surface area contributed by atoms with Crippen molar-refractivity contribution in [1.29, 1.82) is 0 Å². The van der Waals surface area contributed by atoms with Crippen LogP contribution in [0.15, 0.2) is 28.8 Å². The molecule has 6 nitrogen and oxygen atoms in total. The minimum Gasteiger partial charge on any atom is -0.483 e. The Morgan fingerprint density at radius 2 is 2.35 bits per heavy atom.